The highest BCUT2D eigenvalue weighted by Crippen LogP contribution is 2.23. The van der Waals surface area contributed by atoms with Crippen molar-refractivity contribution in [3.63, 3.8) is 0 Å². The van der Waals surface area contributed by atoms with E-state index in [-0.39, 0.29) is 18.2 Å². The minimum Gasteiger partial charge on any atom is -0.406 e. The number of nitrogens with zero attached hydrogens (tertiary/aromatic N) is 2. The van der Waals surface area contributed by atoms with E-state index in [1.165, 1.54) is 44.5 Å². The Bertz CT molecular complexity index is 479. The van der Waals surface area contributed by atoms with Crippen LogP contribution in [-0.4, -0.2) is 55.9 Å². The SMILES string of the molecule is CN(CCc1cccc(OC(F)(F)F)c1)CCN1CCCCC1.Cl. The second kappa shape index (κ2) is 10.1. The van der Waals surface area contributed by atoms with Crippen LogP contribution in [0.2, 0.25) is 0 Å². The van der Waals surface area contributed by atoms with Gasteiger partial charge in [-0.05, 0) is 57.1 Å². The van der Waals surface area contributed by atoms with Crippen LogP contribution in [0, 0.1) is 0 Å². The molecule has 1 aromatic carbocycles. The minimum atomic E-state index is -4.64. The zero-order valence-corrected chi connectivity index (χ0v) is 14.8. The number of benzene rings is 1. The molecule has 0 saturated carbocycles. The average Bonchev–Trinajstić information content (AvgIpc) is 2.51. The van der Waals surface area contributed by atoms with Crippen molar-refractivity contribution in [1.82, 2.24) is 9.80 Å². The van der Waals surface area contributed by atoms with Gasteiger partial charge in [-0.2, -0.15) is 0 Å². The number of halogens is 4. The van der Waals surface area contributed by atoms with Crippen LogP contribution in [0.25, 0.3) is 0 Å². The van der Waals surface area contributed by atoms with Gasteiger partial charge >= 0.3 is 6.36 Å². The molecule has 1 aromatic rings. The summed E-state index contributed by atoms with van der Waals surface area (Å²) in [6, 6.07) is 6.23. The Labute approximate surface area is 148 Å². The predicted molar refractivity (Wildman–Crippen MR) is 91.9 cm³/mol. The molecule has 0 atom stereocenters. The second-order valence-electron chi connectivity index (χ2n) is 6.15. The van der Waals surface area contributed by atoms with Gasteiger partial charge in [0.25, 0.3) is 0 Å². The first-order chi connectivity index (χ1) is 10.9. The summed E-state index contributed by atoms with van der Waals surface area (Å²) in [5.41, 5.74) is 0.858. The van der Waals surface area contributed by atoms with Crippen LogP contribution in [0.5, 0.6) is 5.75 Å². The van der Waals surface area contributed by atoms with E-state index in [9.17, 15) is 13.2 Å². The van der Waals surface area contributed by atoms with Crippen molar-refractivity contribution < 1.29 is 17.9 Å². The molecule has 1 aliphatic rings. The quantitative estimate of drug-likeness (QED) is 0.726. The molecule has 0 aromatic heterocycles. The molecular weight excluding hydrogens is 341 g/mol. The summed E-state index contributed by atoms with van der Waals surface area (Å²) in [6.45, 7) is 5.24. The normalized spacial score (nSPS) is 16.0. The maximum atomic E-state index is 12.2. The van der Waals surface area contributed by atoms with Crippen LogP contribution in [0.15, 0.2) is 24.3 Å². The van der Waals surface area contributed by atoms with Crippen molar-refractivity contribution in [2.75, 3.05) is 39.8 Å². The second-order valence-corrected chi connectivity index (χ2v) is 6.15. The van der Waals surface area contributed by atoms with Gasteiger partial charge in [0.1, 0.15) is 5.75 Å². The van der Waals surface area contributed by atoms with E-state index < -0.39 is 6.36 Å². The van der Waals surface area contributed by atoms with E-state index in [4.69, 9.17) is 0 Å². The zero-order valence-electron chi connectivity index (χ0n) is 14.0. The van der Waals surface area contributed by atoms with E-state index in [0.29, 0.717) is 6.42 Å². The third kappa shape index (κ3) is 8.22. The molecule has 0 bridgehead atoms. The number of piperidine rings is 1. The highest BCUT2D eigenvalue weighted by molar-refractivity contribution is 5.85. The fourth-order valence-corrected chi connectivity index (χ4v) is 2.83. The summed E-state index contributed by atoms with van der Waals surface area (Å²) in [5.74, 6) is -0.147. The molecule has 3 nitrogen and oxygen atoms in total. The van der Waals surface area contributed by atoms with E-state index in [0.717, 1.165) is 25.2 Å². The molecule has 0 spiro atoms. The Morgan fingerprint density at radius 3 is 2.50 bits per heavy atom. The molecule has 7 heteroatoms. The van der Waals surface area contributed by atoms with Gasteiger partial charge in [0.15, 0.2) is 0 Å². The van der Waals surface area contributed by atoms with Gasteiger partial charge in [0, 0.05) is 19.6 Å². The van der Waals surface area contributed by atoms with E-state index in [2.05, 4.69) is 21.6 Å². The molecular formula is C17H26ClF3N2O. The third-order valence-electron chi connectivity index (χ3n) is 4.16. The number of alkyl halides is 3. The van der Waals surface area contributed by atoms with Crippen molar-refractivity contribution >= 4 is 12.4 Å². The largest absolute Gasteiger partial charge is 0.573 e. The first kappa shape index (κ1) is 21.1. The van der Waals surface area contributed by atoms with Crippen molar-refractivity contribution in [2.45, 2.75) is 32.0 Å². The molecule has 0 aliphatic carbocycles. The van der Waals surface area contributed by atoms with Crippen molar-refractivity contribution in [1.29, 1.82) is 0 Å². The van der Waals surface area contributed by atoms with Crippen LogP contribution >= 0.6 is 12.4 Å². The lowest BCUT2D eigenvalue weighted by Crippen LogP contribution is -2.37. The Hall–Kier alpha value is -0.980. The molecule has 0 unspecified atom stereocenters. The van der Waals surface area contributed by atoms with Gasteiger partial charge in [-0.15, -0.1) is 25.6 Å². The van der Waals surface area contributed by atoms with Gasteiger partial charge in [-0.25, -0.2) is 0 Å². The summed E-state index contributed by atoms with van der Waals surface area (Å²) in [5, 5.41) is 0. The number of rotatable bonds is 7. The van der Waals surface area contributed by atoms with Crippen LogP contribution in [0.4, 0.5) is 13.2 Å². The van der Waals surface area contributed by atoms with Gasteiger partial charge in [0.2, 0.25) is 0 Å². The maximum absolute atomic E-state index is 12.2. The highest BCUT2D eigenvalue weighted by Gasteiger charge is 2.31. The molecule has 1 fully saturated rings. The summed E-state index contributed by atoms with van der Waals surface area (Å²) >= 11 is 0. The van der Waals surface area contributed by atoms with Crippen molar-refractivity contribution in [3.05, 3.63) is 29.8 Å². The lowest BCUT2D eigenvalue weighted by Gasteiger charge is -2.28. The first-order valence-electron chi connectivity index (χ1n) is 8.18. The number of hydrogen-bond acceptors (Lipinski definition) is 3. The smallest absolute Gasteiger partial charge is 0.406 e. The van der Waals surface area contributed by atoms with Crippen LogP contribution < -0.4 is 4.74 Å². The fourth-order valence-electron chi connectivity index (χ4n) is 2.83. The zero-order chi connectivity index (χ0) is 16.7. The Morgan fingerprint density at radius 2 is 1.83 bits per heavy atom. The molecule has 1 heterocycles. The van der Waals surface area contributed by atoms with Crippen LogP contribution in [0.1, 0.15) is 24.8 Å². The molecule has 0 amide bonds. The Morgan fingerprint density at radius 1 is 1.12 bits per heavy atom. The van der Waals surface area contributed by atoms with E-state index in [1.54, 1.807) is 6.07 Å². The Kier molecular flexibility index (Phi) is 8.87. The number of likely N-dealkylation sites (tertiary alicyclic amines) is 1. The summed E-state index contributed by atoms with van der Waals surface area (Å²) < 4.78 is 40.6. The third-order valence-corrected chi connectivity index (χ3v) is 4.16. The minimum absolute atomic E-state index is 0. The lowest BCUT2D eigenvalue weighted by molar-refractivity contribution is -0.274. The first-order valence-corrected chi connectivity index (χ1v) is 8.18. The van der Waals surface area contributed by atoms with E-state index >= 15 is 0 Å². The van der Waals surface area contributed by atoms with Gasteiger partial charge < -0.3 is 14.5 Å². The number of hydrogen-bond donors (Lipinski definition) is 0. The van der Waals surface area contributed by atoms with Crippen LogP contribution in [0.3, 0.4) is 0 Å². The van der Waals surface area contributed by atoms with E-state index in [1.807, 2.05) is 6.07 Å². The predicted octanol–water partition coefficient (Wildman–Crippen LogP) is 3.97. The Balaban J connectivity index is 0.00000288. The van der Waals surface area contributed by atoms with Crippen LogP contribution in [-0.2, 0) is 6.42 Å². The summed E-state index contributed by atoms with van der Waals surface area (Å²) in [7, 11) is 2.06. The topological polar surface area (TPSA) is 15.7 Å². The average molecular weight is 367 g/mol. The molecule has 2 rings (SSSR count). The highest BCUT2D eigenvalue weighted by atomic mass is 35.5. The fraction of sp³-hybridized carbons (Fsp3) is 0.647. The molecule has 1 aliphatic heterocycles. The molecule has 0 radical (unpaired) electrons. The molecule has 1 saturated heterocycles. The monoisotopic (exact) mass is 366 g/mol. The van der Waals surface area contributed by atoms with Gasteiger partial charge in [-0.3, -0.25) is 0 Å². The number of ether oxygens (including phenoxy) is 1. The standard InChI is InChI=1S/C17H25F3N2O.ClH/c1-21(12-13-22-9-3-2-4-10-22)11-8-15-6-5-7-16(14-15)23-17(18,19)20;/h5-7,14H,2-4,8-13H2,1H3;1H. The molecule has 24 heavy (non-hydrogen) atoms. The molecule has 138 valence electrons. The number of likely N-dealkylation sites (N-methyl/N-ethyl adjacent to an activating group) is 1. The summed E-state index contributed by atoms with van der Waals surface area (Å²) in [6.07, 6.45) is -0.0104. The van der Waals surface area contributed by atoms with Gasteiger partial charge in [-0.1, -0.05) is 18.6 Å². The molecule has 0 N–H and O–H groups in total. The van der Waals surface area contributed by atoms with Gasteiger partial charge in [0.05, 0.1) is 0 Å². The summed E-state index contributed by atoms with van der Waals surface area (Å²) in [4.78, 5) is 4.71. The lowest BCUT2D eigenvalue weighted by atomic mass is 10.1. The van der Waals surface area contributed by atoms with Crippen molar-refractivity contribution in [2.24, 2.45) is 0 Å². The van der Waals surface area contributed by atoms with Crippen molar-refractivity contribution in [3.8, 4) is 5.75 Å². The maximum Gasteiger partial charge on any atom is 0.573 e.